The van der Waals surface area contributed by atoms with Crippen molar-refractivity contribution in [2.75, 3.05) is 11.9 Å². The van der Waals surface area contributed by atoms with Gasteiger partial charge < -0.3 is 11.1 Å². The highest BCUT2D eigenvalue weighted by Gasteiger charge is 2.01. The Morgan fingerprint density at radius 2 is 2.14 bits per heavy atom. The van der Waals surface area contributed by atoms with Crippen LogP contribution in [0.5, 0.6) is 0 Å². The Hall–Kier alpha value is -1.88. The third-order valence-electron chi connectivity index (χ3n) is 3.34. The number of rotatable bonds is 5. The lowest BCUT2D eigenvalue weighted by molar-refractivity contribution is 0.949. The van der Waals surface area contributed by atoms with Crippen molar-refractivity contribution < 1.29 is 0 Å². The molecule has 4 nitrogen and oxygen atoms in total. The van der Waals surface area contributed by atoms with E-state index in [0.29, 0.717) is 12.5 Å². The predicted molar refractivity (Wildman–Crippen MR) is 91.2 cm³/mol. The zero-order valence-electron chi connectivity index (χ0n) is 12.8. The van der Waals surface area contributed by atoms with Crippen LogP contribution < -0.4 is 11.1 Å². The summed E-state index contributed by atoms with van der Waals surface area (Å²) in [7, 11) is 0. The van der Waals surface area contributed by atoms with Crippen LogP contribution in [0.25, 0.3) is 0 Å². The second-order valence-corrected chi connectivity index (χ2v) is 6.21. The number of nitrogens with zero attached hydrogens (tertiary/aromatic N) is 2. The number of guanidine groups is 1. The van der Waals surface area contributed by atoms with Gasteiger partial charge in [0.05, 0.1) is 5.01 Å². The maximum atomic E-state index is 5.91. The predicted octanol–water partition coefficient (Wildman–Crippen LogP) is 3.29. The Morgan fingerprint density at radius 3 is 2.81 bits per heavy atom. The zero-order valence-corrected chi connectivity index (χ0v) is 13.6. The SMILES string of the molecule is CCc1cnc(CCN=C(N)Nc2ccc(C)c(C)c2)s1. The van der Waals surface area contributed by atoms with E-state index in [9.17, 15) is 0 Å². The van der Waals surface area contributed by atoms with Crippen molar-refractivity contribution in [2.24, 2.45) is 10.7 Å². The van der Waals surface area contributed by atoms with Gasteiger partial charge in [0.1, 0.15) is 0 Å². The highest BCUT2D eigenvalue weighted by atomic mass is 32.1. The van der Waals surface area contributed by atoms with Gasteiger partial charge >= 0.3 is 0 Å². The van der Waals surface area contributed by atoms with Gasteiger partial charge in [-0.25, -0.2) is 4.98 Å². The number of hydrogen-bond donors (Lipinski definition) is 2. The van der Waals surface area contributed by atoms with Gasteiger partial charge in [0.25, 0.3) is 0 Å². The Balaban J connectivity index is 1.87. The Kier molecular flexibility index (Phi) is 5.33. The first-order valence-corrected chi connectivity index (χ1v) is 7.98. The minimum absolute atomic E-state index is 0.450. The van der Waals surface area contributed by atoms with Gasteiger partial charge in [-0.05, 0) is 43.5 Å². The molecular weight excluding hydrogens is 280 g/mol. The lowest BCUT2D eigenvalue weighted by atomic mass is 10.1. The normalized spacial score (nSPS) is 11.7. The summed E-state index contributed by atoms with van der Waals surface area (Å²) in [6.07, 6.45) is 3.82. The molecule has 2 rings (SSSR count). The lowest BCUT2D eigenvalue weighted by Gasteiger charge is -2.07. The van der Waals surface area contributed by atoms with E-state index in [0.717, 1.165) is 23.5 Å². The first-order valence-electron chi connectivity index (χ1n) is 7.16. The molecule has 0 bridgehead atoms. The van der Waals surface area contributed by atoms with Crippen molar-refractivity contribution in [1.82, 2.24) is 4.98 Å². The van der Waals surface area contributed by atoms with Crippen LogP contribution in [-0.2, 0) is 12.8 Å². The van der Waals surface area contributed by atoms with Crippen molar-refractivity contribution >= 4 is 23.0 Å². The summed E-state index contributed by atoms with van der Waals surface area (Å²) >= 11 is 1.75. The molecule has 0 saturated carbocycles. The average Bonchev–Trinajstić information content (AvgIpc) is 2.91. The molecule has 3 N–H and O–H groups in total. The number of nitrogens with one attached hydrogen (secondary N) is 1. The number of aliphatic imine (C=N–C) groups is 1. The number of anilines is 1. The van der Waals surface area contributed by atoms with Crippen LogP contribution in [0.2, 0.25) is 0 Å². The lowest BCUT2D eigenvalue weighted by Crippen LogP contribution is -2.23. The van der Waals surface area contributed by atoms with Gasteiger partial charge in [-0.1, -0.05) is 13.0 Å². The minimum atomic E-state index is 0.450. The van der Waals surface area contributed by atoms with Gasteiger partial charge in [0.2, 0.25) is 0 Å². The molecule has 0 saturated heterocycles. The number of nitrogens with two attached hydrogens (primary N) is 1. The van der Waals surface area contributed by atoms with E-state index in [1.165, 1.54) is 16.0 Å². The molecule has 5 heteroatoms. The summed E-state index contributed by atoms with van der Waals surface area (Å²) < 4.78 is 0. The number of aryl methyl sites for hydroxylation is 3. The molecule has 0 radical (unpaired) electrons. The molecule has 0 aliphatic carbocycles. The fourth-order valence-corrected chi connectivity index (χ4v) is 2.76. The maximum Gasteiger partial charge on any atom is 0.193 e. The van der Waals surface area contributed by atoms with Gasteiger partial charge in [-0.3, -0.25) is 4.99 Å². The molecule has 0 fully saturated rings. The third kappa shape index (κ3) is 4.56. The molecular formula is C16H22N4S. The zero-order chi connectivity index (χ0) is 15.2. The van der Waals surface area contributed by atoms with Gasteiger partial charge in [-0.2, -0.15) is 0 Å². The second kappa shape index (κ2) is 7.22. The fraction of sp³-hybridized carbons (Fsp3) is 0.375. The summed E-state index contributed by atoms with van der Waals surface area (Å²) in [4.78, 5) is 10.0. The number of hydrogen-bond acceptors (Lipinski definition) is 3. The Morgan fingerprint density at radius 1 is 1.33 bits per heavy atom. The van der Waals surface area contributed by atoms with E-state index in [1.54, 1.807) is 11.3 Å². The Bertz CT molecular complexity index is 631. The third-order valence-corrected chi connectivity index (χ3v) is 4.54. The summed E-state index contributed by atoms with van der Waals surface area (Å²) in [5.74, 6) is 0.450. The first kappa shape index (κ1) is 15.5. The highest BCUT2D eigenvalue weighted by Crippen LogP contribution is 2.15. The minimum Gasteiger partial charge on any atom is -0.370 e. The van der Waals surface area contributed by atoms with Gasteiger partial charge in [-0.15, -0.1) is 11.3 Å². The quantitative estimate of drug-likeness (QED) is 0.658. The van der Waals surface area contributed by atoms with Crippen molar-refractivity contribution in [2.45, 2.75) is 33.6 Å². The highest BCUT2D eigenvalue weighted by molar-refractivity contribution is 7.11. The summed E-state index contributed by atoms with van der Waals surface area (Å²) in [6.45, 7) is 6.97. The second-order valence-electron chi connectivity index (χ2n) is 5.01. The van der Waals surface area contributed by atoms with Crippen molar-refractivity contribution in [3.05, 3.63) is 45.4 Å². The van der Waals surface area contributed by atoms with Crippen LogP contribution in [0.3, 0.4) is 0 Å². The number of aromatic nitrogens is 1. The summed E-state index contributed by atoms with van der Waals surface area (Å²) in [5.41, 5.74) is 9.39. The summed E-state index contributed by atoms with van der Waals surface area (Å²) in [6, 6.07) is 6.16. The molecule has 1 heterocycles. The molecule has 2 aromatic rings. The maximum absolute atomic E-state index is 5.91. The molecule has 0 atom stereocenters. The van der Waals surface area contributed by atoms with Gasteiger partial charge in [0, 0.05) is 29.7 Å². The number of benzene rings is 1. The summed E-state index contributed by atoms with van der Waals surface area (Å²) in [5, 5.41) is 4.24. The molecule has 0 unspecified atom stereocenters. The van der Waals surface area contributed by atoms with E-state index < -0.39 is 0 Å². The van der Waals surface area contributed by atoms with E-state index in [1.807, 2.05) is 12.3 Å². The monoisotopic (exact) mass is 302 g/mol. The molecule has 0 spiro atoms. The topological polar surface area (TPSA) is 63.3 Å². The van der Waals surface area contributed by atoms with Crippen LogP contribution in [0, 0.1) is 13.8 Å². The van der Waals surface area contributed by atoms with Crippen molar-refractivity contribution in [3.63, 3.8) is 0 Å². The van der Waals surface area contributed by atoms with Crippen molar-refractivity contribution in [3.8, 4) is 0 Å². The van der Waals surface area contributed by atoms with Crippen molar-refractivity contribution in [1.29, 1.82) is 0 Å². The molecule has 0 amide bonds. The van der Waals surface area contributed by atoms with Crippen LogP contribution in [0.15, 0.2) is 29.4 Å². The molecule has 1 aromatic heterocycles. The average molecular weight is 302 g/mol. The van der Waals surface area contributed by atoms with E-state index >= 15 is 0 Å². The molecule has 112 valence electrons. The van der Waals surface area contributed by atoms with Crippen LogP contribution >= 0.6 is 11.3 Å². The number of thiazole rings is 1. The molecule has 1 aromatic carbocycles. The largest absolute Gasteiger partial charge is 0.370 e. The molecule has 21 heavy (non-hydrogen) atoms. The van der Waals surface area contributed by atoms with E-state index in [4.69, 9.17) is 5.73 Å². The van der Waals surface area contributed by atoms with E-state index in [2.05, 4.69) is 48.2 Å². The Labute approximate surface area is 130 Å². The smallest absolute Gasteiger partial charge is 0.193 e. The van der Waals surface area contributed by atoms with Gasteiger partial charge in [0.15, 0.2) is 5.96 Å². The standard InChI is InChI=1S/C16H22N4S/c1-4-14-10-19-15(21-14)7-8-18-16(17)20-13-6-5-11(2)12(3)9-13/h5-6,9-10H,4,7-8H2,1-3H3,(H3,17,18,20). The fourth-order valence-electron chi connectivity index (χ4n) is 1.91. The van der Waals surface area contributed by atoms with Crippen LogP contribution in [-0.4, -0.2) is 17.5 Å². The van der Waals surface area contributed by atoms with Crippen LogP contribution in [0.1, 0.15) is 27.9 Å². The van der Waals surface area contributed by atoms with Crippen LogP contribution in [0.4, 0.5) is 5.69 Å². The molecule has 0 aliphatic heterocycles. The first-order chi connectivity index (χ1) is 10.1. The molecule has 0 aliphatic rings. The van der Waals surface area contributed by atoms with E-state index in [-0.39, 0.29) is 0 Å².